The Bertz CT molecular complexity index is 495. The Morgan fingerprint density at radius 2 is 1.80 bits per heavy atom. The third-order valence-electron chi connectivity index (χ3n) is 4.16. The predicted molar refractivity (Wildman–Crippen MR) is 74.9 cm³/mol. The first-order chi connectivity index (χ1) is 9.72. The summed E-state index contributed by atoms with van der Waals surface area (Å²) in [5.74, 6) is 0.0879. The first-order valence-electron chi connectivity index (χ1n) is 7.10. The smallest absolute Gasteiger partial charge is 0.322 e. The second-order valence-corrected chi connectivity index (χ2v) is 5.54. The molecule has 0 unspecified atom stereocenters. The average molecular weight is 273 g/mol. The molecule has 2 aliphatic rings. The van der Waals surface area contributed by atoms with E-state index in [0.29, 0.717) is 0 Å². The van der Waals surface area contributed by atoms with Crippen molar-refractivity contribution in [2.45, 2.75) is 25.4 Å². The van der Waals surface area contributed by atoms with Crippen molar-refractivity contribution in [3.05, 3.63) is 35.9 Å². The van der Waals surface area contributed by atoms with Crippen LogP contribution >= 0.6 is 0 Å². The van der Waals surface area contributed by atoms with Crippen LogP contribution in [0.25, 0.3) is 0 Å². The normalized spacial score (nSPS) is 24.5. The molecular weight excluding hydrogens is 254 g/mol. The lowest BCUT2D eigenvalue weighted by Crippen LogP contribution is -2.43. The lowest BCUT2D eigenvalue weighted by Gasteiger charge is -2.33. The highest BCUT2D eigenvalue weighted by atomic mass is 16.2. The van der Waals surface area contributed by atoms with Gasteiger partial charge in [-0.2, -0.15) is 0 Å². The molecule has 0 aromatic heterocycles. The minimum Gasteiger partial charge on any atom is -0.326 e. The van der Waals surface area contributed by atoms with Crippen molar-refractivity contribution in [3.63, 3.8) is 0 Å². The fourth-order valence-electron chi connectivity index (χ4n) is 3.05. The molecule has 0 saturated carbocycles. The van der Waals surface area contributed by atoms with Gasteiger partial charge < -0.3 is 5.32 Å². The summed E-state index contributed by atoms with van der Waals surface area (Å²) in [6, 6.07) is 9.72. The van der Waals surface area contributed by atoms with Gasteiger partial charge in [-0.25, -0.2) is 4.79 Å². The Hall–Kier alpha value is -1.88. The van der Waals surface area contributed by atoms with E-state index in [9.17, 15) is 9.59 Å². The molecule has 106 valence electrons. The van der Waals surface area contributed by atoms with Crippen molar-refractivity contribution >= 4 is 11.9 Å². The summed E-state index contributed by atoms with van der Waals surface area (Å²) >= 11 is 0. The largest absolute Gasteiger partial charge is 0.326 e. The molecule has 3 rings (SSSR count). The Labute approximate surface area is 118 Å². The van der Waals surface area contributed by atoms with Crippen molar-refractivity contribution in [2.24, 2.45) is 5.92 Å². The highest BCUT2D eigenvalue weighted by Gasteiger charge is 2.37. The molecule has 1 aromatic carbocycles. The van der Waals surface area contributed by atoms with Crippen LogP contribution in [0.2, 0.25) is 0 Å². The van der Waals surface area contributed by atoms with Gasteiger partial charge in [0.2, 0.25) is 0 Å². The van der Waals surface area contributed by atoms with Crippen molar-refractivity contribution < 1.29 is 9.59 Å². The van der Waals surface area contributed by atoms with Gasteiger partial charge in [0.1, 0.15) is 6.04 Å². The fraction of sp³-hybridized carbons (Fsp3) is 0.467. The van der Waals surface area contributed by atoms with Gasteiger partial charge in [-0.05, 0) is 37.4 Å². The average Bonchev–Trinajstić information content (AvgIpc) is 2.80. The molecule has 2 aliphatic heterocycles. The van der Waals surface area contributed by atoms with Crippen LogP contribution in [-0.4, -0.2) is 36.0 Å². The van der Waals surface area contributed by atoms with Gasteiger partial charge in [-0.3, -0.25) is 15.0 Å². The number of imide groups is 1. The lowest BCUT2D eigenvalue weighted by atomic mass is 9.89. The molecule has 2 saturated heterocycles. The number of benzene rings is 1. The van der Waals surface area contributed by atoms with Crippen molar-refractivity contribution in [1.29, 1.82) is 0 Å². The van der Waals surface area contributed by atoms with Gasteiger partial charge in [0.05, 0.1) is 0 Å². The molecule has 0 radical (unpaired) electrons. The Balaban J connectivity index is 1.52. The number of rotatable bonds is 3. The first-order valence-corrected chi connectivity index (χ1v) is 7.10. The van der Waals surface area contributed by atoms with Crippen molar-refractivity contribution in [2.75, 3.05) is 13.1 Å². The second kappa shape index (κ2) is 5.63. The van der Waals surface area contributed by atoms with Crippen LogP contribution in [0, 0.1) is 5.92 Å². The van der Waals surface area contributed by atoms with Gasteiger partial charge in [0, 0.05) is 6.54 Å². The molecule has 2 fully saturated rings. The van der Waals surface area contributed by atoms with Gasteiger partial charge in [-0.15, -0.1) is 0 Å². The molecule has 0 bridgehead atoms. The molecule has 2 heterocycles. The molecular formula is C15H19N3O2. The molecule has 0 aliphatic carbocycles. The zero-order chi connectivity index (χ0) is 13.9. The number of carbonyl (C=O) groups is 2. The summed E-state index contributed by atoms with van der Waals surface area (Å²) in [4.78, 5) is 25.2. The second-order valence-electron chi connectivity index (χ2n) is 5.54. The van der Waals surface area contributed by atoms with E-state index in [1.165, 1.54) is 5.56 Å². The van der Waals surface area contributed by atoms with E-state index in [1.54, 1.807) is 0 Å². The number of amides is 3. The number of hydrogen-bond acceptors (Lipinski definition) is 3. The van der Waals surface area contributed by atoms with Crippen LogP contribution in [0.5, 0.6) is 0 Å². The highest BCUT2D eigenvalue weighted by Crippen LogP contribution is 2.23. The maximum absolute atomic E-state index is 11.6. The Morgan fingerprint density at radius 3 is 2.40 bits per heavy atom. The molecule has 20 heavy (non-hydrogen) atoms. The van der Waals surface area contributed by atoms with Crippen molar-refractivity contribution in [3.8, 4) is 0 Å². The number of urea groups is 1. The summed E-state index contributed by atoms with van der Waals surface area (Å²) in [6.45, 7) is 2.90. The molecule has 0 spiro atoms. The standard InChI is InChI=1S/C15H19N3O2/c19-14-13(16-15(20)17-14)12-6-8-18(9-7-12)10-11-4-2-1-3-5-11/h1-5,12-13H,6-10H2,(H2,16,17,19,20)/t13-/m0/s1. The summed E-state index contributed by atoms with van der Waals surface area (Å²) in [6.07, 6.45) is 1.90. The highest BCUT2D eigenvalue weighted by molar-refractivity contribution is 6.04. The maximum Gasteiger partial charge on any atom is 0.322 e. The Morgan fingerprint density at radius 1 is 1.10 bits per heavy atom. The van der Waals surface area contributed by atoms with E-state index in [1.807, 2.05) is 6.07 Å². The number of hydrogen-bond donors (Lipinski definition) is 2. The quantitative estimate of drug-likeness (QED) is 0.811. The Kier molecular flexibility index (Phi) is 3.69. The number of nitrogens with one attached hydrogen (secondary N) is 2. The minimum absolute atomic E-state index is 0.170. The zero-order valence-corrected chi connectivity index (χ0v) is 11.3. The molecule has 5 heteroatoms. The number of piperidine rings is 1. The molecule has 5 nitrogen and oxygen atoms in total. The number of carbonyl (C=O) groups excluding carboxylic acids is 2. The SMILES string of the molecule is O=C1NC(=O)[C@H](C2CCN(Cc3ccccc3)CC2)N1. The maximum atomic E-state index is 11.6. The summed E-state index contributed by atoms with van der Waals surface area (Å²) in [5, 5.41) is 5.03. The summed E-state index contributed by atoms with van der Waals surface area (Å²) in [5.41, 5.74) is 1.32. The van der Waals surface area contributed by atoms with E-state index < -0.39 is 0 Å². The molecule has 3 amide bonds. The van der Waals surface area contributed by atoms with Crippen LogP contribution < -0.4 is 10.6 Å². The van der Waals surface area contributed by atoms with Crippen LogP contribution in [0.15, 0.2) is 30.3 Å². The third kappa shape index (κ3) is 2.82. The van der Waals surface area contributed by atoms with Gasteiger partial charge in [0.25, 0.3) is 5.91 Å². The molecule has 1 aromatic rings. The number of nitrogens with zero attached hydrogens (tertiary/aromatic N) is 1. The lowest BCUT2D eigenvalue weighted by molar-refractivity contribution is -0.121. The third-order valence-corrected chi connectivity index (χ3v) is 4.16. The van der Waals surface area contributed by atoms with Crippen LogP contribution in [0.4, 0.5) is 4.79 Å². The van der Waals surface area contributed by atoms with Gasteiger partial charge in [0.15, 0.2) is 0 Å². The van der Waals surface area contributed by atoms with Crippen LogP contribution in [0.3, 0.4) is 0 Å². The van der Waals surface area contributed by atoms with Gasteiger partial charge in [-0.1, -0.05) is 30.3 Å². The number of likely N-dealkylation sites (tertiary alicyclic amines) is 1. The van der Waals surface area contributed by atoms with E-state index >= 15 is 0 Å². The van der Waals surface area contributed by atoms with Crippen LogP contribution in [0.1, 0.15) is 18.4 Å². The molecule has 1 atom stereocenters. The van der Waals surface area contributed by atoms with E-state index in [4.69, 9.17) is 0 Å². The zero-order valence-electron chi connectivity index (χ0n) is 11.3. The fourth-order valence-corrected chi connectivity index (χ4v) is 3.05. The van der Waals surface area contributed by atoms with Crippen LogP contribution in [-0.2, 0) is 11.3 Å². The van der Waals surface area contributed by atoms with Crippen molar-refractivity contribution in [1.82, 2.24) is 15.5 Å². The monoisotopic (exact) mass is 273 g/mol. The van der Waals surface area contributed by atoms with Gasteiger partial charge >= 0.3 is 6.03 Å². The van der Waals surface area contributed by atoms with E-state index in [2.05, 4.69) is 39.8 Å². The van der Waals surface area contributed by atoms with E-state index in [-0.39, 0.29) is 23.9 Å². The first kappa shape index (κ1) is 13.1. The summed E-state index contributed by atoms with van der Waals surface area (Å²) < 4.78 is 0. The minimum atomic E-state index is -0.355. The predicted octanol–water partition coefficient (Wildman–Crippen LogP) is 1.11. The molecule has 2 N–H and O–H groups in total. The topological polar surface area (TPSA) is 61.4 Å². The summed E-state index contributed by atoms with van der Waals surface area (Å²) in [7, 11) is 0. The van der Waals surface area contributed by atoms with E-state index in [0.717, 1.165) is 32.5 Å².